The summed E-state index contributed by atoms with van der Waals surface area (Å²) in [5.41, 5.74) is 7.59. The molecule has 1 aliphatic rings. The molecule has 3 heterocycles. The lowest BCUT2D eigenvalue weighted by Gasteiger charge is -2.42. The molecule has 8 rings (SSSR count). The van der Waals surface area contributed by atoms with Crippen molar-refractivity contribution in [2.24, 2.45) is 0 Å². The van der Waals surface area contributed by atoms with Crippen molar-refractivity contribution < 1.29 is 0 Å². The lowest BCUT2D eigenvalue weighted by Crippen LogP contribution is -2.33. The predicted octanol–water partition coefficient (Wildman–Crippen LogP) is 9.47. The molecule has 0 amide bonds. The maximum absolute atomic E-state index is 5.18. The minimum atomic E-state index is 0.0745. The summed E-state index contributed by atoms with van der Waals surface area (Å²) < 4.78 is 0. The average Bonchev–Trinajstić information content (AvgIpc) is 3.06. The molecule has 5 nitrogen and oxygen atoms in total. The molecule has 0 N–H and O–H groups in total. The third-order valence-corrected chi connectivity index (χ3v) is 9.46. The number of fused-ring (bicyclic) bond motifs is 5. The van der Waals surface area contributed by atoms with Gasteiger partial charge < -0.3 is 0 Å². The number of hydrogen-bond acceptors (Lipinski definition) is 5. The first kappa shape index (κ1) is 26.6. The highest BCUT2D eigenvalue weighted by Gasteiger charge is 2.37. The summed E-state index contributed by atoms with van der Waals surface area (Å²) in [6, 6.07) is 31.8. The molecule has 0 radical (unpaired) electrons. The number of aromatic nitrogens is 5. The van der Waals surface area contributed by atoms with Crippen LogP contribution >= 0.6 is 0 Å². The van der Waals surface area contributed by atoms with Crippen LogP contribution in [-0.2, 0) is 10.8 Å². The van der Waals surface area contributed by atoms with Crippen LogP contribution in [0.5, 0.6) is 0 Å². The van der Waals surface area contributed by atoms with E-state index in [2.05, 4.69) is 112 Å². The molecule has 0 bridgehead atoms. The molecule has 3 aromatic heterocycles. The first-order valence-corrected chi connectivity index (χ1v) is 15.3. The van der Waals surface area contributed by atoms with Crippen molar-refractivity contribution in [3.63, 3.8) is 0 Å². The molecule has 0 atom stereocenters. The highest BCUT2D eigenvalue weighted by atomic mass is 15.0. The van der Waals surface area contributed by atoms with E-state index in [1.54, 1.807) is 0 Å². The fourth-order valence-electron chi connectivity index (χ4n) is 6.77. The van der Waals surface area contributed by atoms with Gasteiger partial charge in [0.15, 0.2) is 17.5 Å². The molecule has 4 aromatic carbocycles. The van der Waals surface area contributed by atoms with Crippen molar-refractivity contribution in [3.8, 4) is 34.2 Å². The fraction of sp³-hybridized carbons (Fsp3) is 0.205. The van der Waals surface area contributed by atoms with E-state index in [9.17, 15) is 0 Å². The van der Waals surface area contributed by atoms with E-state index in [1.165, 1.54) is 22.9 Å². The van der Waals surface area contributed by atoms with Crippen LogP contribution in [0.3, 0.4) is 0 Å². The van der Waals surface area contributed by atoms with Gasteiger partial charge in [0.1, 0.15) is 0 Å². The number of rotatable bonds is 3. The van der Waals surface area contributed by atoms with Crippen LogP contribution in [0.1, 0.15) is 51.7 Å². The van der Waals surface area contributed by atoms with E-state index in [-0.39, 0.29) is 10.8 Å². The van der Waals surface area contributed by atoms with Gasteiger partial charge >= 0.3 is 0 Å². The van der Waals surface area contributed by atoms with Gasteiger partial charge in [0, 0.05) is 39.9 Å². The maximum atomic E-state index is 5.18. The van der Waals surface area contributed by atoms with Crippen LogP contribution in [0.15, 0.2) is 103 Å². The predicted molar refractivity (Wildman–Crippen MR) is 180 cm³/mol. The Labute approximate surface area is 257 Å². The number of benzene rings is 4. The average molecular weight is 572 g/mol. The van der Waals surface area contributed by atoms with Crippen LogP contribution in [0.25, 0.3) is 66.7 Å². The molecule has 7 aromatic rings. The third kappa shape index (κ3) is 4.34. The summed E-state index contributed by atoms with van der Waals surface area (Å²) in [6.07, 6.45) is 5.95. The molecule has 5 heteroatoms. The van der Waals surface area contributed by atoms with Gasteiger partial charge in [-0.05, 0) is 75.9 Å². The van der Waals surface area contributed by atoms with Gasteiger partial charge in [-0.3, -0.25) is 9.97 Å². The van der Waals surface area contributed by atoms with Crippen LogP contribution in [-0.4, -0.2) is 24.9 Å². The van der Waals surface area contributed by atoms with Gasteiger partial charge in [0.2, 0.25) is 0 Å². The van der Waals surface area contributed by atoms with E-state index in [4.69, 9.17) is 19.9 Å². The van der Waals surface area contributed by atoms with E-state index >= 15 is 0 Å². The Morgan fingerprint density at radius 2 is 1.11 bits per heavy atom. The highest BCUT2D eigenvalue weighted by molar-refractivity contribution is 6.09. The second kappa shape index (κ2) is 9.75. The normalized spacial score (nSPS) is 15.5. The summed E-state index contributed by atoms with van der Waals surface area (Å²) in [5.74, 6) is 1.94. The molecule has 44 heavy (non-hydrogen) atoms. The van der Waals surface area contributed by atoms with Crippen molar-refractivity contribution >= 4 is 32.6 Å². The van der Waals surface area contributed by atoms with Gasteiger partial charge in [-0.1, -0.05) is 88.4 Å². The standard InChI is InChI=1S/C39H33N5/c1-38(2)17-18-39(3,4)32-23-28(15-16-31(32)38)36-42-35(27-14-13-24-9-5-6-10-25(24)21-27)43-37(44-36)30-22-26-11-7-19-40-33(26)34-29(30)12-8-20-41-34/h5-16,19-23H,17-18H2,1-4H3. The zero-order valence-electron chi connectivity index (χ0n) is 25.5. The van der Waals surface area contributed by atoms with Crippen molar-refractivity contribution in [1.82, 2.24) is 24.9 Å². The monoisotopic (exact) mass is 571 g/mol. The van der Waals surface area contributed by atoms with Crippen molar-refractivity contribution in [2.45, 2.75) is 51.4 Å². The Morgan fingerprint density at radius 1 is 0.500 bits per heavy atom. The maximum Gasteiger partial charge on any atom is 0.164 e. The molecule has 0 spiro atoms. The molecule has 0 saturated heterocycles. The number of pyridine rings is 2. The Morgan fingerprint density at radius 3 is 1.91 bits per heavy atom. The topological polar surface area (TPSA) is 64.5 Å². The Hall–Kier alpha value is -5.03. The Balaban J connectivity index is 1.40. The van der Waals surface area contributed by atoms with Gasteiger partial charge in [0.05, 0.1) is 11.0 Å². The van der Waals surface area contributed by atoms with Crippen LogP contribution in [0.2, 0.25) is 0 Å². The second-order valence-corrected chi connectivity index (χ2v) is 13.3. The first-order valence-electron chi connectivity index (χ1n) is 15.3. The third-order valence-electron chi connectivity index (χ3n) is 9.46. The molecule has 1 aliphatic carbocycles. The summed E-state index contributed by atoms with van der Waals surface area (Å²) in [7, 11) is 0. The van der Waals surface area contributed by atoms with Gasteiger partial charge in [-0.2, -0.15) is 0 Å². The van der Waals surface area contributed by atoms with Crippen LogP contribution in [0.4, 0.5) is 0 Å². The molecule has 0 unspecified atom stereocenters. The molecule has 214 valence electrons. The fourth-order valence-corrected chi connectivity index (χ4v) is 6.77. The van der Waals surface area contributed by atoms with Crippen molar-refractivity contribution in [2.75, 3.05) is 0 Å². The zero-order chi connectivity index (χ0) is 30.1. The van der Waals surface area contributed by atoms with E-state index in [0.29, 0.717) is 17.5 Å². The quantitative estimate of drug-likeness (QED) is 0.198. The van der Waals surface area contributed by atoms with Gasteiger partial charge in [-0.25, -0.2) is 15.0 Å². The number of nitrogens with zero attached hydrogens (tertiary/aromatic N) is 5. The van der Waals surface area contributed by atoms with Crippen molar-refractivity contribution in [3.05, 3.63) is 115 Å². The van der Waals surface area contributed by atoms with Crippen LogP contribution in [0, 0.1) is 0 Å². The first-order chi connectivity index (χ1) is 21.3. The van der Waals surface area contributed by atoms with Gasteiger partial charge in [-0.15, -0.1) is 0 Å². The minimum absolute atomic E-state index is 0.0745. The summed E-state index contributed by atoms with van der Waals surface area (Å²) in [6.45, 7) is 9.42. The SMILES string of the molecule is CC1(C)CCC(C)(C)c2cc(-c3nc(-c4ccc5ccccc5c4)nc(-c4cc5cccnc5c5ncccc45)n3)ccc21. The molecular formula is C39H33N5. The molecule has 0 fully saturated rings. The second-order valence-electron chi connectivity index (χ2n) is 13.3. The van der Waals surface area contributed by atoms with Gasteiger partial charge in [0.25, 0.3) is 0 Å². The molecule has 0 aliphatic heterocycles. The van der Waals surface area contributed by atoms with Crippen molar-refractivity contribution in [1.29, 1.82) is 0 Å². The minimum Gasteiger partial charge on any atom is -0.254 e. The molecular weight excluding hydrogens is 538 g/mol. The lowest BCUT2D eigenvalue weighted by molar-refractivity contribution is 0.332. The largest absolute Gasteiger partial charge is 0.254 e. The highest BCUT2D eigenvalue weighted by Crippen LogP contribution is 2.46. The van der Waals surface area contributed by atoms with E-state index in [0.717, 1.165) is 50.3 Å². The lowest BCUT2D eigenvalue weighted by atomic mass is 9.63. The number of hydrogen-bond donors (Lipinski definition) is 0. The zero-order valence-corrected chi connectivity index (χ0v) is 25.5. The smallest absolute Gasteiger partial charge is 0.164 e. The Kier molecular flexibility index (Phi) is 5.89. The van der Waals surface area contributed by atoms with Crippen LogP contribution < -0.4 is 0 Å². The summed E-state index contributed by atoms with van der Waals surface area (Å²) in [4.78, 5) is 24.8. The van der Waals surface area contributed by atoms with E-state index in [1.807, 2.05) is 24.5 Å². The summed E-state index contributed by atoms with van der Waals surface area (Å²) in [5, 5.41) is 4.30. The van der Waals surface area contributed by atoms with E-state index < -0.39 is 0 Å². The molecule has 0 saturated carbocycles. The summed E-state index contributed by atoms with van der Waals surface area (Å²) >= 11 is 0. The Bertz CT molecular complexity index is 2250.